The monoisotopic (exact) mass is 305 g/mol. The van der Waals surface area contributed by atoms with E-state index in [9.17, 15) is 4.79 Å². The Kier molecular flexibility index (Phi) is 5.90. The molecule has 21 heavy (non-hydrogen) atoms. The summed E-state index contributed by atoms with van der Waals surface area (Å²) in [6.07, 6.45) is 0. The van der Waals surface area contributed by atoms with Crippen LogP contribution >= 0.6 is 11.8 Å². The molecule has 1 N–H and O–H groups in total. The third-order valence-electron chi connectivity index (χ3n) is 3.00. The minimum atomic E-state index is -0.451. The van der Waals surface area contributed by atoms with E-state index in [-0.39, 0.29) is 11.8 Å². The van der Waals surface area contributed by atoms with Crippen LogP contribution in [-0.2, 0) is 4.74 Å². The molecular weight excluding hydrogens is 286 g/mol. The van der Waals surface area contributed by atoms with E-state index < -0.39 is 5.97 Å². The first kappa shape index (κ1) is 15.7. The number of nitrogens with one attached hydrogen (secondary N) is 1. The number of hydrogen-bond acceptors (Lipinski definition) is 5. The van der Waals surface area contributed by atoms with Gasteiger partial charge in [0.05, 0.1) is 13.2 Å². The van der Waals surface area contributed by atoms with Gasteiger partial charge in [-0.15, -0.1) is 11.8 Å². The lowest BCUT2D eigenvalue weighted by Gasteiger charge is -2.11. The topological polar surface area (TPSA) is 51.5 Å². The van der Waals surface area contributed by atoms with Gasteiger partial charge < -0.3 is 14.5 Å². The normalized spacial score (nSPS) is 12.1. The molecule has 1 aromatic carbocycles. The molecule has 112 valence electrons. The molecule has 2 aromatic rings. The van der Waals surface area contributed by atoms with Crippen LogP contribution in [0.1, 0.15) is 29.3 Å². The van der Waals surface area contributed by atoms with Gasteiger partial charge in [0.15, 0.2) is 0 Å². The summed E-state index contributed by atoms with van der Waals surface area (Å²) in [5, 5.41) is 3.37. The quantitative estimate of drug-likeness (QED) is 0.482. The number of carbonyl (C=O) groups is 1. The number of carbonyl (C=O) groups excluding carboxylic acids is 1. The zero-order valence-corrected chi connectivity index (χ0v) is 13.0. The fourth-order valence-electron chi connectivity index (χ4n) is 1.86. The average molecular weight is 305 g/mol. The Morgan fingerprint density at radius 1 is 1.29 bits per heavy atom. The van der Waals surface area contributed by atoms with E-state index >= 15 is 0 Å². The van der Waals surface area contributed by atoms with Gasteiger partial charge in [0.25, 0.3) is 0 Å². The Hall–Kier alpha value is -1.72. The fraction of sp³-hybridized carbons (Fsp3) is 0.312. The summed E-state index contributed by atoms with van der Waals surface area (Å²) in [4.78, 5) is 12.6. The molecule has 0 bridgehead atoms. The fourth-order valence-corrected chi connectivity index (χ4v) is 2.66. The van der Waals surface area contributed by atoms with Crippen molar-refractivity contribution in [3.05, 3.63) is 54.0 Å². The molecule has 0 saturated heterocycles. The summed E-state index contributed by atoms with van der Waals surface area (Å²) < 4.78 is 10.1. The van der Waals surface area contributed by atoms with Crippen LogP contribution in [0.2, 0.25) is 0 Å². The minimum Gasteiger partial charge on any atom is -0.463 e. The van der Waals surface area contributed by atoms with Crippen LogP contribution in [0.25, 0.3) is 0 Å². The molecule has 0 aliphatic carbocycles. The molecule has 5 heteroatoms. The van der Waals surface area contributed by atoms with Crippen molar-refractivity contribution in [1.29, 1.82) is 0 Å². The highest BCUT2D eigenvalue weighted by Crippen LogP contribution is 2.18. The Morgan fingerprint density at radius 3 is 2.76 bits per heavy atom. The summed E-state index contributed by atoms with van der Waals surface area (Å²) in [6, 6.07) is 13.8. The molecule has 1 heterocycles. The number of furan rings is 1. The molecule has 4 nitrogen and oxygen atoms in total. The van der Waals surface area contributed by atoms with Crippen molar-refractivity contribution in [2.24, 2.45) is 0 Å². The third-order valence-corrected chi connectivity index (χ3v) is 4.02. The van der Waals surface area contributed by atoms with Crippen LogP contribution in [0.15, 0.2) is 51.8 Å². The van der Waals surface area contributed by atoms with Gasteiger partial charge in [-0.25, -0.2) is 4.79 Å². The second kappa shape index (κ2) is 7.90. The van der Waals surface area contributed by atoms with Gasteiger partial charge in [0.2, 0.25) is 5.76 Å². The van der Waals surface area contributed by atoms with E-state index in [4.69, 9.17) is 4.42 Å². The van der Waals surface area contributed by atoms with E-state index in [2.05, 4.69) is 22.2 Å². The molecule has 1 unspecified atom stereocenters. The van der Waals surface area contributed by atoms with Crippen LogP contribution in [-0.4, -0.2) is 25.4 Å². The smallest absolute Gasteiger partial charge is 0.373 e. The molecule has 0 radical (unpaired) electrons. The van der Waals surface area contributed by atoms with Gasteiger partial charge in [-0.1, -0.05) is 18.2 Å². The van der Waals surface area contributed by atoms with E-state index in [0.717, 1.165) is 18.1 Å². The first-order valence-electron chi connectivity index (χ1n) is 6.80. The van der Waals surface area contributed by atoms with Gasteiger partial charge in [-0.05, 0) is 31.2 Å². The minimum absolute atomic E-state index is 0.0554. The zero-order chi connectivity index (χ0) is 15.1. The van der Waals surface area contributed by atoms with Crippen molar-refractivity contribution in [1.82, 2.24) is 5.32 Å². The lowest BCUT2D eigenvalue weighted by atomic mass is 10.2. The van der Waals surface area contributed by atoms with E-state index in [1.54, 1.807) is 23.9 Å². The molecule has 0 aliphatic heterocycles. The number of thioether (sulfide) groups is 1. The summed E-state index contributed by atoms with van der Waals surface area (Å²) in [5.74, 6) is 1.49. The van der Waals surface area contributed by atoms with Crippen LogP contribution < -0.4 is 5.32 Å². The molecule has 0 saturated carbocycles. The highest BCUT2D eigenvalue weighted by molar-refractivity contribution is 7.99. The van der Waals surface area contributed by atoms with E-state index in [0.29, 0.717) is 0 Å². The molecule has 1 atom stereocenters. The highest BCUT2D eigenvalue weighted by Gasteiger charge is 2.14. The molecule has 2 rings (SSSR count). The molecule has 1 aromatic heterocycles. The Labute approximate surface area is 128 Å². The largest absolute Gasteiger partial charge is 0.463 e. The van der Waals surface area contributed by atoms with Gasteiger partial charge in [-0.2, -0.15) is 0 Å². The number of ether oxygens (including phenoxy) is 1. The van der Waals surface area contributed by atoms with Crippen molar-refractivity contribution in [3.8, 4) is 0 Å². The van der Waals surface area contributed by atoms with Crippen LogP contribution in [0.5, 0.6) is 0 Å². The average Bonchev–Trinajstić information content (AvgIpc) is 3.01. The van der Waals surface area contributed by atoms with Crippen molar-refractivity contribution in [2.45, 2.75) is 17.9 Å². The first-order chi connectivity index (χ1) is 10.2. The highest BCUT2D eigenvalue weighted by atomic mass is 32.2. The first-order valence-corrected chi connectivity index (χ1v) is 7.78. The van der Waals surface area contributed by atoms with Gasteiger partial charge >= 0.3 is 5.97 Å². The Balaban J connectivity index is 1.75. The predicted octanol–water partition coefficient (Wildman–Crippen LogP) is 3.51. The summed E-state index contributed by atoms with van der Waals surface area (Å²) in [7, 11) is 1.34. The second-order valence-corrected chi connectivity index (χ2v) is 5.70. The standard InChI is InChI=1S/C16H19NO3S/c1-12(14-8-9-15(20-14)16(18)19-2)17-10-11-21-13-6-4-3-5-7-13/h3-9,12,17H,10-11H2,1-2H3. The zero-order valence-electron chi connectivity index (χ0n) is 12.2. The lowest BCUT2D eigenvalue weighted by molar-refractivity contribution is 0.0562. The Morgan fingerprint density at radius 2 is 2.05 bits per heavy atom. The van der Waals surface area contributed by atoms with Crippen molar-refractivity contribution in [2.75, 3.05) is 19.4 Å². The summed E-state index contributed by atoms with van der Waals surface area (Å²) in [5.41, 5.74) is 0. The summed E-state index contributed by atoms with van der Waals surface area (Å²) >= 11 is 1.80. The van der Waals surface area contributed by atoms with Crippen LogP contribution in [0.3, 0.4) is 0 Å². The predicted molar refractivity (Wildman–Crippen MR) is 83.6 cm³/mol. The SMILES string of the molecule is COC(=O)c1ccc(C(C)NCCSc2ccccc2)o1. The van der Waals surface area contributed by atoms with Gasteiger partial charge in [0, 0.05) is 17.2 Å². The molecule has 0 spiro atoms. The lowest BCUT2D eigenvalue weighted by Crippen LogP contribution is -2.20. The molecular formula is C16H19NO3S. The van der Waals surface area contributed by atoms with Crippen molar-refractivity contribution < 1.29 is 13.9 Å². The summed E-state index contributed by atoms with van der Waals surface area (Å²) in [6.45, 7) is 2.86. The Bertz CT molecular complexity index is 568. The maximum Gasteiger partial charge on any atom is 0.373 e. The molecule has 0 fully saturated rings. The van der Waals surface area contributed by atoms with Crippen molar-refractivity contribution >= 4 is 17.7 Å². The number of hydrogen-bond donors (Lipinski definition) is 1. The maximum atomic E-state index is 11.3. The maximum absolute atomic E-state index is 11.3. The second-order valence-electron chi connectivity index (χ2n) is 4.53. The number of methoxy groups -OCH3 is 1. The number of esters is 1. The van der Waals surface area contributed by atoms with E-state index in [1.165, 1.54) is 12.0 Å². The van der Waals surface area contributed by atoms with Crippen molar-refractivity contribution in [3.63, 3.8) is 0 Å². The molecule has 0 aliphatic rings. The third kappa shape index (κ3) is 4.65. The van der Waals surface area contributed by atoms with E-state index in [1.807, 2.05) is 25.1 Å². The molecule has 0 amide bonds. The van der Waals surface area contributed by atoms with Gasteiger partial charge in [-0.3, -0.25) is 0 Å². The van der Waals surface area contributed by atoms with Gasteiger partial charge in [0.1, 0.15) is 5.76 Å². The van der Waals surface area contributed by atoms with Crippen LogP contribution in [0, 0.1) is 0 Å². The van der Waals surface area contributed by atoms with Crippen LogP contribution in [0.4, 0.5) is 0 Å². The number of rotatable bonds is 7. The number of benzene rings is 1.